The Bertz CT molecular complexity index is 283. The van der Waals surface area contributed by atoms with Crippen molar-refractivity contribution in [3.05, 3.63) is 0 Å². The van der Waals surface area contributed by atoms with Crippen LogP contribution >= 0.6 is 0 Å². The summed E-state index contributed by atoms with van der Waals surface area (Å²) in [6.07, 6.45) is 0.339. The molecule has 3 N–H and O–H groups in total. The predicted octanol–water partition coefficient (Wildman–Crippen LogP) is 1.59. The predicted molar refractivity (Wildman–Crippen MR) is 68.8 cm³/mol. The Morgan fingerprint density at radius 3 is 2.68 bits per heavy atom. The van der Waals surface area contributed by atoms with E-state index in [2.05, 4.69) is 5.32 Å². The summed E-state index contributed by atoms with van der Waals surface area (Å²) in [5.41, 5.74) is 5.73. The number of nitrogens with two attached hydrogens (primary N) is 1. The molecule has 0 radical (unpaired) electrons. The van der Waals surface area contributed by atoms with Crippen molar-refractivity contribution < 1.29 is 13.2 Å². The van der Waals surface area contributed by atoms with Crippen molar-refractivity contribution in [3.63, 3.8) is 0 Å². The van der Waals surface area contributed by atoms with E-state index in [9.17, 15) is 13.2 Å². The summed E-state index contributed by atoms with van der Waals surface area (Å²) in [5.74, 6) is 0.897. The summed E-state index contributed by atoms with van der Waals surface area (Å²) in [5, 5.41) is 3.52. The third-order valence-electron chi connectivity index (χ3n) is 4.40. The van der Waals surface area contributed by atoms with Crippen LogP contribution < -0.4 is 11.1 Å². The van der Waals surface area contributed by atoms with Crippen LogP contribution in [0.1, 0.15) is 25.7 Å². The molecule has 19 heavy (non-hydrogen) atoms. The van der Waals surface area contributed by atoms with Crippen LogP contribution in [0.2, 0.25) is 0 Å². The van der Waals surface area contributed by atoms with Gasteiger partial charge >= 0.3 is 6.18 Å². The molecule has 0 bridgehead atoms. The zero-order valence-electron chi connectivity index (χ0n) is 11.3. The maximum atomic E-state index is 12.3. The molecule has 1 saturated heterocycles. The number of alkyl halides is 3. The largest absolute Gasteiger partial charge is 0.401 e. The molecule has 3 atom stereocenters. The number of nitrogens with one attached hydrogen (secondary N) is 1. The maximum absolute atomic E-state index is 12.3. The van der Waals surface area contributed by atoms with Gasteiger partial charge < -0.3 is 11.1 Å². The van der Waals surface area contributed by atoms with E-state index in [1.165, 1.54) is 17.7 Å². The maximum Gasteiger partial charge on any atom is 0.401 e. The first-order chi connectivity index (χ1) is 8.98. The SMILES string of the molecule is NCC1CCCC1NCC1CCN(CC(F)(F)F)C1. The molecule has 3 nitrogen and oxygen atoms in total. The lowest BCUT2D eigenvalue weighted by molar-refractivity contribution is -0.143. The average Bonchev–Trinajstić information content (AvgIpc) is 2.92. The second kappa shape index (κ2) is 6.41. The van der Waals surface area contributed by atoms with E-state index in [1.807, 2.05) is 0 Å². The number of hydrogen-bond acceptors (Lipinski definition) is 3. The fourth-order valence-electron chi connectivity index (χ4n) is 3.38. The normalized spacial score (nSPS) is 33.2. The summed E-state index contributed by atoms with van der Waals surface area (Å²) in [4.78, 5) is 1.52. The van der Waals surface area contributed by atoms with Crippen LogP contribution in [0.15, 0.2) is 0 Å². The second-order valence-electron chi connectivity index (χ2n) is 5.95. The summed E-state index contributed by atoms with van der Waals surface area (Å²) in [7, 11) is 0. The molecular formula is C13H24F3N3. The number of likely N-dealkylation sites (tertiary alicyclic amines) is 1. The highest BCUT2D eigenvalue weighted by molar-refractivity contribution is 4.86. The lowest BCUT2D eigenvalue weighted by atomic mass is 10.0. The molecule has 1 heterocycles. The Kier molecular flexibility index (Phi) is 5.09. The second-order valence-corrected chi connectivity index (χ2v) is 5.95. The van der Waals surface area contributed by atoms with E-state index in [4.69, 9.17) is 5.73 Å². The molecule has 2 aliphatic rings. The van der Waals surface area contributed by atoms with Crippen molar-refractivity contribution >= 4 is 0 Å². The molecule has 1 aliphatic heterocycles. The highest BCUT2D eigenvalue weighted by atomic mass is 19.4. The lowest BCUT2D eigenvalue weighted by Crippen LogP contribution is -2.39. The van der Waals surface area contributed by atoms with Gasteiger partial charge in [-0.3, -0.25) is 4.90 Å². The van der Waals surface area contributed by atoms with Gasteiger partial charge in [0.2, 0.25) is 0 Å². The van der Waals surface area contributed by atoms with Crippen LogP contribution in [-0.4, -0.2) is 49.8 Å². The van der Waals surface area contributed by atoms with E-state index in [-0.39, 0.29) is 0 Å². The van der Waals surface area contributed by atoms with Gasteiger partial charge in [0.05, 0.1) is 6.54 Å². The van der Waals surface area contributed by atoms with Crippen LogP contribution in [0.3, 0.4) is 0 Å². The quantitative estimate of drug-likeness (QED) is 0.803. The fourth-order valence-corrected chi connectivity index (χ4v) is 3.38. The monoisotopic (exact) mass is 279 g/mol. The van der Waals surface area contributed by atoms with E-state index in [0.717, 1.165) is 19.4 Å². The van der Waals surface area contributed by atoms with Crippen molar-refractivity contribution in [2.75, 3.05) is 32.7 Å². The van der Waals surface area contributed by atoms with Crippen molar-refractivity contribution in [2.45, 2.75) is 37.9 Å². The Balaban J connectivity index is 1.68. The summed E-state index contributed by atoms with van der Waals surface area (Å²) >= 11 is 0. The van der Waals surface area contributed by atoms with Crippen molar-refractivity contribution in [1.29, 1.82) is 0 Å². The van der Waals surface area contributed by atoms with Crippen molar-refractivity contribution in [1.82, 2.24) is 10.2 Å². The Morgan fingerprint density at radius 1 is 1.21 bits per heavy atom. The van der Waals surface area contributed by atoms with Crippen LogP contribution in [0.25, 0.3) is 0 Å². The van der Waals surface area contributed by atoms with Gasteiger partial charge in [0.15, 0.2) is 0 Å². The van der Waals surface area contributed by atoms with Gasteiger partial charge in [-0.2, -0.15) is 13.2 Å². The van der Waals surface area contributed by atoms with Crippen LogP contribution in [0.5, 0.6) is 0 Å². The lowest BCUT2D eigenvalue weighted by Gasteiger charge is -2.22. The zero-order valence-corrected chi connectivity index (χ0v) is 11.3. The van der Waals surface area contributed by atoms with Gasteiger partial charge in [-0.1, -0.05) is 6.42 Å². The fraction of sp³-hybridized carbons (Fsp3) is 1.00. The highest BCUT2D eigenvalue weighted by Gasteiger charge is 2.34. The Labute approximate surface area is 112 Å². The van der Waals surface area contributed by atoms with Crippen LogP contribution in [-0.2, 0) is 0 Å². The van der Waals surface area contributed by atoms with Crippen molar-refractivity contribution in [3.8, 4) is 0 Å². The standard InChI is InChI=1S/C13H24F3N3/c14-13(15,16)9-19-5-4-10(8-19)7-18-12-3-1-2-11(12)6-17/h10-12,18H,1-9,17H2. The number of nitrogens with zero attached hydrogens (tertiary/aromatic N) is 1. The number of rotatable bonds is 5. The molecule has 2 fully saturated rings. The third kappa shape index (κ3) is 4.61. The smallest absolute Gasteiger partial charge is 0.330 e. The first-order valence-electron chi connectivity index (χ1n) is 7.20. The Morgan fingerprint density at radius 2 is 2.00 bits per heavy atom. The molecule has 3 unspecified atom stereocenters. The molecule has 1 aliphatic carbocycles. The summed E-state index contributed by atoms with van der Waals surface area (Å²) in [6.45, 7) is 1.90. The molecule has 1 saturated carbocycles. The number of halogens is 3. The minimum absolute atomic E-state index is 0.348. The van der Waals surface area contributed by atoms with Gasteiger partial charge in [-0.05, 0) is 50.7 Å². The zero-order chi connectivity index (χ0) is 13.9. The van der Waals surface area contributed by atoms with Crippen LogP contribution in [0, 0.1) is 11.8 Å². The highest BCUT2D eigenvalue weighted by Crippen LogP contribution is 2.26. The van der Waals surface area contributed by atoms with Crippen molar-refractivity contribution in [2.24, 2.45) is 17.6 Å². The van der Waals surface area contributed by atoms with Gasteiger partial charge in [0.25, 0.3) is 0 Å². The molecule has 6 heteroatoms. The molecule has 0 amide bonds. The van der Waals surface area contributed by atoms with E-state index in [1.54, 1.807) is 0 Å². The summed E-state index contributed by atoms with van der Waals surface area (Å²) in [6, 6.07) is 0.474. The van der Waals surface area contributed by atoms with Gasteiger partial charge in [-0.15, -0.1) is 0 Å². The first-order valence-corrected chi connectivity index (χ1v) is 7.20. The molecule has 0 aromatic carbocycles. The van der Waals surface area contributed by atoms with Crippen LogP contribution in [0.4, 0.5) is 13.2 Å². The minimum atomic E-state index is -4.07. The third-order valence-corrected chi connectivity index (χ3v) is 4.40. The van der Waals surface area contributed by atoms with Gasteiger partial charge in [0, 0.05) is 12.6 Å². The Hall–Kier alpha value is -0.330. The molecule has 0 aromatic heterocycles. The number of hydrogen-bond donors (Lipinski definition) is 2. The molecule has 112 valence electrons. The molecule has 0 aromatic rings. The first kappa shape index (κ1) is 15.1. The molecular weight excluding hydrogens is 255 g/mol. The van der Waals surface area contributed by atoms with E-state index >= 15 is 0 Å². The average molecular weight is 279 g/mol. The van der Waals surface area contributed by atoms with Gasteiger partial charge in [0.1, 0.15) is 0 Å². The summed E-state index contributed by atoms with van der Waals surface area (Å²) < 4.78 is 36.9. The molecule has 0 spiro atoms. The topological polar surface area (TPSA) is 41.3 Å². The van der Waals surface area contributed by atoms with E-state index < -0.39 is 12.7 Å². The molecule has 2 rings (SSSR count). The van der Waals surface area contributed by atoms with Gasteiger partial charge in [-0.25, -0.2) is 0 Å². The van der Waals surface area contributed by atoms with E-state index in [0.29, 0.717) is 37.5 Å². The minimum Gasteiger partial charge on any atom is -0.330 e.